The Labute approximate surface area is 641 Å². The molecule has 0 aromatic heterocycles. The fraction of sp³-hybridized carbons (Fsp3) is 0.818. The summed E-state index contributed by atoms with van der Waals surface area (Å²) >= 11 is 13.4. The summed E-state index contributed by atoms with van der Waals surface area (Å²) in [6, 6.07) is -11.0. The Morgan fingerprint density at radius 2 is 1.33 bits per heavy atom. The molecule has 3 heterocycles. The molecule has 602 valence electrons. The molecule has 3 aliphatic heterocycles. The predicted molar refractivity (Wildman–Crippen MR) is 399 cm³/mol. The van der Waals surface area contributed by atoms with Gasteiger partial charge in [-0.15, -0.1) is 23.2 Å². The molecular formula is C77H122Cl2F2N12O14. The quantitative estimate of drug-likeness (QED) is 0.116. The van der Waals surface area contributed by atoms with Crippen LogP contribution in [0.5, 0.6) is 0 Å². The van der Waals surface area contributed by atoms with Crippen molar-refractivity contribution >= 4 is 94.1 Å². The zero-order valence-corrected chi connectivity index (χ0v) is 67.2. The van der Waals surface area contributed by atoms with E-state index in [9.17, 15) is 32.8 Å². The Bertz CT molecular complexity index is 3230. The number of rotatable bonds is 16. The van der Waals surface area contributed by atoms with E-state index < -0.39 is 198 Å². The third-order valence-corrected chi connectivity index (χ3v) is 25.6. The number of ether oxygens (including phenoxy) is 2. The number of nitrogens with one attached hydrogen (secondary N) is 3. The fourth-order valence-electron chi connectivity index (χ4n) is 17.3. The van der Waals surface area contributed by atoms with Crippen LogP contribution in [0.4, 0.5) is 8.78 Å². The number of alkyl halides is 4. The van der Waals surface area contributed by atoms with Gasteiger partial charge in [0, 0.05) is 100 Å². The molecule has 107 heavy (non-hydrogen) atoms. The van der Waals surface area contributed by atoms with E-state index >= 15 is 33.6 Å². The number of likely N-dealkylation sites (N-methyl/N-ethyl adjacent to an activating group) is 6. The summed E-state index contributed by atoms with van der Waals surface area (Å²) in [5.41, 5.74) is -2.15. The maximum Gasteiger partial charge on any atom is 0.248 e. The van der Waals surface area contributed by atoms with Crippen LogP contribution in [0, 0.1) is 29.1 Å². The summed E-state index contributed by atoms with van der Waals surface area (Å²) < 4.78 is 41.9. The zero-order valence-electron chi connectivity index (χ0n) is 65.7. The van der Waals surface area contributed by atoms with Crippen molar-refractivity contribution < 1.29 is 75.8 Å². The highest BCUT2D eigenvalue weighted by molar-refractivity contribution is 6.30. The lowest BCUT2D eigenvalue weighted by molar-refractivity contribution is -0.161. The average molecular weight is 1550 g/mol. The van der Waals surface area contributed by atoms with Crippen molar-refractivity contribution in [2.24, 2.45) is 29.1 Å². The van der Waals surface area contributed by atoms with E-state index in [0.29, 0.717) is 57.8 Å². The second-order valence-electron chi connectivity index (χ2n) is 33.2. The van der Waals surface area contributed by atoms with Crippen molar-refractivity contribution in [2.75, 3.05) is 89.2 Å². The van der Waals surface area contributed by atoms with Gasteiger partial charge in [0.15, 0.2) is 0 Å². The van der Waals surface area contributed by atoms with Crippen LogP contribution in [0.2, 0.25) is 0 Å². The highest BCUT2D eigenvalue weighted by Gasteiger charge is 2.59. The topological polar surface area (TPSA) is 289 Å². The normalized spacial score (nSPS) is 31.5. The molecule has 12 amide bonds. The van der Waals surface area contributed by atoms with Gasteiger partial charge in [-0.3, -0.25) is 57.5 Å². The second-order valence-corrected chi connectivity index (χ2v) is 34.3. The number of hydrogen-bond acceptors (Lipinski definition) is 14. The molecule has 0 radical (unpaired) electrons. The lowest BCUT2D eigenvalue weighted by atomic mass is 9.58. The van der Waals surface area contributed by atoms with Gasteiger partial charge in [-0.2, -0.15) is 0 Å². The molecule has 30 heteroatoms. The smallest absolute Gasteiger partial charge is 0.248 e. The summed E-state index contributed by atoms with van der Waals surface area (Å²) in [5, 5.41) is 8.35. The third-order valence-electron chi connectivity index (χ3n) is 24.5. The summed E-state index contributed by atoms with van der Waals surface area (Å²) in [6.07, 6.45) is 8.83. The van der Waals surface area contributed by atoms with Crippen molar-refractivity contribution in [2.45, 2.75) is 284 Å². The van der Waals surface area contributed by atoms with Crippen LogP contribution in [0.25, 0.3) is 0 Å². The molecule has 2 bridgehead atoms. The second kappa shape index (κ2) is 37.2. The molecule has 0 aromatic rings. The molecule has 3 N–H and O–H groups in total. The first-order valence-corrected chi connectivity index (χ1v) is 40.1. The van der Waals surface area contributed by atoms with Gasteiger partial charge < -0.3 is 69.5 Å². The summed E-state index contributed by atoms with van der Waals surface area (Å²) in [5.74, 6) is -12.5. The lowest BCUT2D eigenvalue weighted by Crippen LogP contribution is -2.71. The van der Waals surface area contributed by atoms with Crippen molar-refractivity contribution in [3.63, 3.8) is 0 Å². The minimum absolute atomic E-state index is 0.00639. The van der Waals surface area contributed by atoms with Crippen LogP contribution >= 0.6 is 23.2 Å². The Kier molecular flexibility index (Phi) is 30.0. The highest BCUT2D eigenvalue weighted by Crippen LogP contribution is 2.50. The van der Waals surface area contributed by atoms with E-state index in [1.54, 1.807) is 13.0 Å². The van der Waals surface area contributed by atoms with Crippen LogP contribution in [-0.2, 0) is 67.0 Å². The fourth-order valence-corrected chi connectivity index (χ4v) is 17.9. The third kappa shape index (κ3) is 21.1. The zero-order chi connectivity index (χ0) is 78.9. The van der Waals surface area contributed by atoms with E-state index in [-0.39, 0.29) is 100 Å². The molecule has 7 fully saturated rings. The minimum Gasteiger partial charge on any atom is -0.382 e. The number of carbonyl (C=O) groups is 12. The van der Waals surface area contributed by atoms with Crippen molar-refractivity contribution in [3.05, 3.63) is 12.2 Å². The molecule has 5 aliphatic carbocycles. The number of halogens is 4. The Morgan fingerprint density at radius 1 is 0.664 bits per heavy atom. The van der Waals surface area contributed by atoms with Gasteiger partial charge in [0.05, 0.1) is 37.2 Å². The molecule has 1 spiro atoms. The molecule has 2 saturated heterocycles. The van der Waals surface area contributed by atoms with E-state index in [0.717, 1.165) is 34.0 Å². The Morgan fingerprint density at radius 3 is 1.91 bits per heavy atom. The Hall–Kier alpha value is -6.26. The Balaban J connectivity index is 1.22. The molecule has 13 atom stereocenters. The van der Waals surface area contributed by atoms with Crippen molar-refractivity contribution in [1.82, 2.24) is 60.0 Å². The van der Waals surface area contributed by atoms with Crippen molar-refractivity contribution in [1.29, 1.82) is 0 Å². The minimum atomic E-state index is -2.93. The van der Waals surface area contributed by atoms with Crippen LogP contribution in [0.3, 0.4) is 0 Å². The van der Waals surface area contributed by atoms with Gasteiger partial charge in [0.1, 0.15) is 60.4 Å². The molecule has 0 aromatic carbocycles. The summed E-state index contributed by atoms with van der Waals surface area (Å²) in [6.45, 7) is 9.60. The summed E-state index contributed by atoms with van der Waals surface area (Å²) in [7, 11) is 11.3. The number of carbonyl (C=O) groups excluding carboxylic acids is 12. The van der Waals surface area contributed by atoms with Crippen LogP contribution in [0.15, 0.2) is 12.2 Å². The SMILES string of the molecule is CCC(CC)[C@H]1C(=O)N(C)[C@H](C(=O)N(C)C)CC(=O)N(C)[C@@H](COC)C(=O)N[C@@H]([C@@H](C)CC)C(=O)N(C2CC2)CC(=O)N(C)[C@H]2C/C=C\CCN(C2=O)[C@@H](CC2CCC(F)(F)CC2)C(=O)N(C)CC(=O)N[C@@H](CCC2CCC(Cl)C(Cl)C2)C(=O)N2C[C@H](OC3CCC3)C[C@H]2C(=O)NC2(CC(C)(C)C2)C(=O)N1C. The first-order chi connectivity index (χ1) is 50.4. The van der Waals surface area contributed by atoms with Crippen molar-refractivity contribution in [3.8, 4) is 0 Å². The number of amides is 12. The maximum absolute atomic E-state index is 15.9. The molecular weight excluding hydrogens is 1430 g/mol. The molecule has 26 nitrogen and oxygen atoms in total. The van der Waals surface area contributed by atoms with E-state index in [1.165, 1.54) is 85.8 Å². The van der Waals surface area contributed by atoms with Gasteiger partial charge in [-0.05, 0) is 138 Å². The number of nitrogens with zero attached hydrogens (tertiary/aromatic N) is 9. The summed E-state index contributed by atoms with van der Waals surface area (Å²) in [4.78, 5) is 195. The first-order valence-electron chi connectivity index (χ1n) is 39.2. The first kappa shape index (κ1) is 86.3. The highest BCUT2D eigenvalue weighted by atomic mass is 35.5. The monoisotopic (exact) mass is 1550 g/mol. The van der Waals surface area contributed by atoms with Gasteiger partial charge in [-0.1, -0.05) is 73.0 Å². The van der Waals surface area contributed by atoms with Crippen LogP contribution in [0.1, 0.15) is 196 Å². The molecule has 3 unspecified atom stereocenters. The largest absolute Gasteiger partial charge is 0.382 e. The van der Waals surface area contributed by atoms with Gasteiger partial charge >= 0.3 is 0 Å². The molecule has 8 aliphatic rings. The van der Waals surface area contributed by atoms with Crippen LogP contribution in [-0.4, -0.2) is 293 Å². The molecule has 8 rings (SSSR count). The van der Waals surface area contributed by atoms with Gasteiger partial charge in [0.25, 0.3) is 0 Å². The standard InChI is InChI=1S/C77H122Cl2F2N12O14/c1-15-46(4)64-72(103)92(50-27-28-50)42-63(96)87(10)56-24-19-18-20-35-91(71(56)102)59(37-48-31-33-77(80,81)34-32-48)70(101)86(9)41-61(94)82-55(30-26-47-25-29-53(78)54(79)36-47)68(99)93-40-52(107-51-22-21-23-51)38-57(93)67(98)84-76(44-75(5,6)45-76)74(105)90(13)65(49(16-2)17-3)73(104)89(12)58(69(100)85(7)8)39-62(95)88(11)60(43-106-14)66(97)83-64/h18-19,46-60,64-65H,15-17,20-45H2,1-14H3,(H,82,94)(H,83,97)(H,84,98)/b19-18-/t46-,47?,52+,53?,54?,55-,56-,57-,58-,59-,60-,64-,65-/m0/s1. The van der Waals surface area contributed by atoms with E-state index in [4.69, 9.17) is 32.7 Å². The van der Waals surface area contributed by atoms with E-state index in [2.05, 4.69) is 16.0 Å². The van der Waals surface area contributed by atoms with Gasteiger partial charge in [0.2, 0.25) is 76.8 Å². The number of hydrogen-bond donors (Lipinski definition) is 3. The number of methoxy groups -OCH3 is 1. The molecule has 5 saturated carbocycles. The van der Waals surface area contributed by atoms with Crippen LogP contribution < -0.4 is 16.0 Å². The maximum atomic E-state index is 15.9. The average Bonchev–Trinajstić information content (AvgIpc) is 0.806. The van der Waals surface area contributed by atoms with Gasteiger partial charge in [-0.25, -0.2) is 8.78 Å². The number of fused-ring (bicyclic) bond motifs is 3. The van der Waals surface area contributed by atoms with E-state index in [1.807, 2.05) is 40.7 Å². The lowest BCUT2D eigenvalue weighted by Gasteiger charge is -2.54. The predicted octanol–water partition coefficient (Wildman–Crippen LogP) is 6.11.